The quantitative estimate of drug-likeness (QED) is 0.429. The molecule has 2 aromatic rings. The van der Waals surface area contributed by atoms with Crippen molar-refractivity contribution in [2.75, 3.05) is 0 Å². The highest BCUT2D eigenvalue weighted by atomic mass is 35.5. The maximum absolute atomic E-state index is 10.1. The van der Waals surface area contributed by atoms with E-state index in [9.17, 15) is 4.79 Å². The Kier molecular flexibility index (Phi) is 3.13. The standard InChI is InChI=1S/C12H7ClN2O/c13-12-10-5-4-9(3-1-2-6-16)7-11(10)14-8-15-12/h4-8H,2H2. The minimum Gasteiger partial charge on any atom is -0.302 e. The molecule has 0 bridgehead atoms. The molecule has 2 rings (SSSR count). The monoisotopic (exact) mass is 230 g/mol. The van der Waals surface area contributed by atoms with Crippen molar-refractivity contribution in [2.24, 2.45) is 0 Å². The molecule has 0 radical (unpaired) electrons. The molecule has 1 aromatic carbocycles. The molecule has 1 heterocycles. The number of carbonyl (C=O) groups excluding carboxylic acids is 1. The van der Waals surface area contributed by atoms with E-state index < -0.39 is 0 Å². The number of benzene rings is 1. The Balaban J connectivity index is 2.46. The molecule has 78 valence electrons. The van der Waals surface area contributed by atoms with Crippen molar-refractivity contribution in [3.63, 3.8) is 0 Å². The Morgan fingerprint density at radius 1 is 1.38 bits per heavy atom. The van der Waals surface area contributed by atoms with Gasteiger partial charge in [0, 0.05) is 10.9 Å². The molecule has 0 spiro atoms. The lowest BCUT2D eigenvalue weighted by atomic mass is 10.1. The number of rotatable bonds is 1. The number of hydrogen-bond acceptors (Lipinski definition) is 3. The molecule has 3 nitrogen and oxygen atoms in total. The zero-order chi connectivity index (χ0) is 11.4. The van der Waals surface area contributed by atoms with Crippen LogP contribution in [-0.4, -0.2) is 16.3 Å². The zero-order valence-corrected chi connectivity index (χ0v) is 9.03. The van der Waals surface area contributed by atoms with Crippen LogP contribution in [0, 0.1) is 11.8 Å². The average molecular weight is 231 g/mol. The lowest BCUT2D eigenvalue weighted by Gasteiger charge is -1.98. The van der Waals surface area contributed by atoms with Crippen LogP contribution in [0.2, 0.25) is 5.15 Å². The third-order valence-electron chi connectivity index (χ3n) is 2.01. The molecule has 0 fully saturated rings. The van der Waals surface area contributed by atoms with Gasteiger partial charge in [-0.1, -0.05) is 23.4 Å². The Bertz CT molecular complexity index is 599. The van der Waals surface area contributed by atoms with E-state index in [-0.39, 0.29) is 6.42 Å². The third-order valence-corrected chi connectivity index (χ3v) is 2.31. The molecule has 0 aliphatic heterocycles. The number of carbonyl (C=O) groups is 1. The normalized spacial score (nSPS) is 9.56. The van der Waals surface area contributed by atoms with Crippen LogP contribution in [0.1, 0.15) is 12.0 Å². The zero-order valence-electron chi connectivity index (χ0n) is 8.27. The summed E-state index contributed by atoms with van der Waals surface area (Å²) in [6, 6.07) is 5.47. The topological polar surface area (TPSA) is 42.9 Å². The summed E-state index contributed by atoms with van der Waals surface area (Å²) < 4.78 is 0. The lowest BCUT2D eigenvalue weighted by molar-refractivity contribution is -0.107. The molecule has 16 heavy (non-hydrogen) atoms. The predicted molar refractivity (Wildman–Crippen MR) is 62.1 cm³/mol. The summed E-state index contributed by atoms with van der Waals surface area (Å²) in [4.78, 5) is 18.1. The Morgan fingerprint density at radius 2 is 2.25 bits per heavy atom. The van der Waals surface area contributed by atoms with E-state index in [0.717, 1.165) is 22.8 Å². The van der Waals surface area contributed by atoms with Gasteiger partial charge in [-0.25, -0.2) is 9.97 Å². The number of halogens is 1. The van der Waals surface area contributed by atoms with E-state index >= 15 is 0 Å². The van der Waals surface area contributed by atoms with Gasteiger partial charge in [-0.15, -0.1) is 0 Å². The van der Waals surface area contributed by atoms with Crippen LogP contribution in [0.4, 0.5) is 0 Å². The van der Waals surface area contributed by atoms with Gasteiger partial charge in [-0.2, -0.15) is 0 Å². The van der Waals surface area contributed by atoms with Crippen molar-refractivity contribution in [1.82, 2.24) is 9.97 Å². The van der Waals surface area contributed by atoms with Gasteiger partial charge in [0.05, 0.1) is 11.9 Å². The van der Waals surface area contributed by atoms with Crippen LogP contribution < -0.4 is 0 Å². The van der Waals surface area contributed by atoms with Crippen molar-refractivity contribution < 1.29 is 4.79 Å². The molecule has 0 saturated carbocycles. The van der Waals surface area contributed by atoms with Crippen LogP contribution >= 0.6 is 11.6 Å². The first-order valence-electron chi connectivity index (χ1n) is 4.64. The first-order valence-corrected chi connectivity index (χ1v) is 5.02. The van der Waals surface area contributed by atoms with Crippen LogP contribution in [0.15, 0.2) is 24.5 Å². The average Bonchev–Trinajstić information content (AvgIpc) is 2.30. The Morgan fingerprint density at radius 3 is 3.06 bits per heavy atom. The Hall–Kier alpha value is -1.92. The largest absolute Gasteiger partial charge is 0.302 e. The molecule has 0 saturated heterocycles. The number of aldehydes is 1. The molecule has 0 aliphatic carbocycles. The Labute approximate surface area is 97.5 Å². The summed E-state index contributed by atoms with van der Waals surface area (Å²) in [5.41, 5.74) is 1.56. The number of hydrogen-bond donors (Lipinski definition) is 0. The molecular weight excluding hydrogens is 224 g/mol. The highest BCUT2D eigenvalue weighted by Crippen LogP contribution is 2.19. The fourth-order valence-corrected chi connectivity index (χ4v) is 1.50. The molecular formula is C12H7ClN2O. The molecule has 4 heteroatoms. The van der Waals surface area contributed by atoms with Gasteiger partial charge in [-0.3, -0.25) is 0 Å². The maximum Gasteiger partial charge on any atom is 0.140 e. The van der Waals surface area contributed by atoms with E-state index in [1.807, 2.05) is 18.2 Å². The third kappa shape index (κ3) is 2.18. The summed E-state index contributed by atoms with van der Waals surface area (Å²) in [5.74, 6) is 5.61. The van der Waals surface area contributed by atoms with Gasteiger partial charge in [-0.05, 0) is 18.2 Å². The van der Waals surface area contributed by atoms with Gasteiger partial charge >= 0.3 is 0 Å². The summed E-state index contributed by atoms with van der Waals surface area (Å²) in [6.07, 6.45) is 2.42. The van der Waals surface area contributed by atoms with Crippen molar-refractivity contribution in [3.8, 4) is 11.8 Å². The molecule has 0 N–H and O–H groups in total. The molecule has 0 aliphatic rings. The number of nitrogens with zero attached hydrogens (tertiary/aromatic N) is 2. The van der Waals surface area contributed by atoms with Gasteiger partial charge in [0.15, 0.2) is 0 Å². The SMILES string of the molecule is O=CCC#Cc1ccc2c(Cl)ncnc2c1. The second-order valence-electron chi connectivity index (χ2n) is 3.07. The second-order valence-corrected chi connectivity index (χ2v) is 3.43. The van der Waals surface area contributed by atoms with E-state index in [0.29, 0.717) is 5.15 Å². The van der Waals surface area contributed by atoms with Crippen molar-refractivity contribution in [1.29, 1.82) is 0 Å². The second kappa shape index (κ2) is 4.73. The highest BCUT2D eigenvalue weighted by molar-refractivity contribution is 6.34. The molecule has 0 unspecified atom stereocenters. The fourth-order valence-electron chi connectivity index (χ4n) is 1.30. The van der Waals surface area contributed by atoms with Gasteiger partial charge in [0.1, 0.15) is 17.8 Å². The van der Waals surface area contributed by atoms with E-state index in [2.05, 4.69) is 21.8 Å². The van der Waals surface area contributed by atoms with Crippen LogP contribution in [-0.2, 0) is 4.79 Å². The van der Waals surface area contributed by atoms with Crippen molar-refractivity contribution in [2.45, 2.75) is 6.42 Å². The van der Waals surface area contributed by atoms with E-state index in [1.165, 1.54) is 6.33 Å². The van der Waals surface area contributed by atoms with Crippen LogP contribution in [0.5, 0.6) is 0 Å². The first-order chi connectivity index (χ1) is 7.81. The van der Waals surface area contributed by atoms with Gasteiger partial charge < -0.3 is 4.79 Å². The summed E-state index contributed by atoms with van der Waals surface area (Å²) >= 11 is 5.90. The fraction of sp³-hybridized carbons (Fsp3) is 0.0833. The number of aromatic nitrogens is 2. The molecule has 1 aromatic heterocycles. The van der Waals surface area contributed by atoms with Crippen molar-refractivity contribution in [3.05, 3.63) is 35.2 Å². The summed E-state index contributed by atoms with van der Waals surface area (Å²) in [5, 5.41) is 1.22. The van der Waals surface area contributed by atoms with Crippen LogP contribution in [0.3, 0.4) is 0 Å². The smallest absolute Gasteiger partial charge is 0.140 e. The summed E-state index contributed by atoms with van der Waals surface area (Å²) in [6.45, 7) is 0. The van der Waals surface area contributed by atoms with Crippen LogP contribution in [0.25, 0.3) is 10.9 Å². The van der Waals surface area contributed by atoms with E-state index in [4.69, 9.17) is 11.6 Å². The maximum atomic E-state index is 10.1. The lowest BCUT2D eigenvalue weighted by Crippen LogP contribution is -1.84. The minimum absolute atomic E-state index is 0.239. The summed E-state index contributed by atoms with van der Waals surface area (Å²) in [7, 11) is 0. The number of fused-ring (bicyclic) bond motifs is 1. The van der Waals surface area contributed by atoms with E-state index in [1.54, 1.807) is 0 Å². The highest BCUT2D eigenvalue weighted by Gasteiger charge is 2.00. The predicted octanol–water partition coefficient (Wildman–Crippen LogP) is 2.22. The molecule has 0 atom stereocenters. The van der Waals surface area contributed by atoms with Crippen molar-refractivity contribution >= 4 is 28.8 Å². The van der Waals surface area contributed by atoms with Gasteiger partial charge in [0.25, 0.3) is 0 Å². The minimum atomic E-state index is 0.239. The first kappa shape index (κ1) is 10.6. The van der Waals surface area contributed by atoms with Gasteiger partial charge in [0.2, 0.25) is 0 Å². The molecule has 0 amide bonds.